The van der Waals surface area contributed by atoms with Crippen molar-refractivity contribution in [3.8, 4) is 0 Å². The number of rotatable bonds is 2. The molecule has 0 amide bonds. The second-order valence-corrected chi connectivity index (χ2v) is 4.78. The number of aromatic nitrogens is 2. The first-order chi connectivity index (χ1) is 9.13. The Labute approximate surface area is 125 Å². The summed E-state index contributed by atoms with van der Waals surface area (Å²) in [7, 11) is 0. The van der Waals surface area contributed by atoms with Crippen LogP contribution in [0.2, 0.25) is 10.0 Å². The van der Waals surface area contributed by atoms with Gasteiger partial charge in [0.1, 0.15) is 5.82 Å². The summed E-state index contributed by atoms with van der Waals surface area (Å²) < 4.78 is 13.1. The third kappa shape index (κ3) is 2.71. The minimum atomic E-state index is -0.321. The van der Waals surface area contributed by atoms with Crippen molar-refractivity contribution in [3.63, 3.8) is 0 Å². The third-order valence-electron chi connectivity index (χ3n) is 2.65. The first-order valence-corrected chi connectivity index (χ1v) is 6.25. The Hall–Kier alpha value is -1.78. The number of benzene rings is 2. The molecule has 2 N–H and O–H groups in total. The van der Waals surface area contributed by atoms with E-state index in [4.69, 9.17) is 23.2 Å². The molecule has 104 valence electrons. The lowest BCUT2D eigenvalue weighted by atomic mass is 10.3. The topological polar surface area (TPSA) is 40.7 Å². The molecule has 0 radical (unpaired) electrons. The molecule has 1 heterocycles. The second-order valence-electron chi connectivity index (χ2n) is 3.97. The SMILES string of the molecule is C.Fc1ccc2nc(Nc3c(Cl)cccc3Cl)[nH]c2c1. The van der Waals surface area contributed by atoms with Gasteiger partial charge in [0, 0.05) is 0 Å². The van der Waals surface area contributed by atoms with Crippen molar-refractivity contribution in [2.75, 3.05) is 5.32 Å². The summed E-state index contributed by atoms with van der Waals surface area (Å²) in [5, 5.41) is 3.97. The number of hydrogen-bond donors (Lipinski definition) is 2. The lowest BCUT2D eigenvalue weighted by Gasteiger charge is -2.06. The van der Waals surface area contributed by atoms with Crippen LogP contribution in [-0.4, -0.2) is 9.97 Å². The summed E-state index contributed by atoms with van der Waals surface area (Å²) in [6.45, 7) is 0. The minimum Gasteiger partial charge on any atom is -0.324 e. The maximum Gasteiger partial charge on any atom is 0.205 e. The largest absolute Gasteiger partial charge is 0.324 e. The molecule has 0 saturated heterocycles. The van der Waals surface area contributed by atoms with Crippen molar-refractivity contribution >= 4 is 45.9 Å². The van der Waals surface area contributed by atoms with E-state index in [2.05, 4.69) is 15.3 Å². The average molecular weight is 312 g/mol. The molecule has 3 rings (SSSR count). The van der Waals surface area contributed by atoms with Crippen LogP contribution in [0.15, 0.2) is 36.4 Å². The van der Waals surface area contributed by atoms with Crippen LogP contribution in [0.25, 0.3) is 11.0 Å². The molecule has 3 nitrogen and oxygen atoms in total. The number of nitrogens with one attached hydrogen (secondary N) is 2. The number of imidazole rings is 1. The van der Waals surface area contributed by atoms with E-state index in [1.807, 2.05) is 0 Å². The summed E-state index contributed by atoms with van der Waals surface area (Å²) >= 11 is 12.1. The molecule has 2 aromatic carbocycles. The Morgan fingerprint density at radius 3 is 2.50 bits per heavy atom. The van der Waals surface area contributed by atoms with Crippen molar-refractivity contribution in [1.82, 2.24) is 9.97 Å². The van der Waals surface area contributed by atoms with Crippen molar-refractivity contribution in [1.29, 1.82) is 0 Å². The highest BCUT2D eigenvalue weighted by atomic mass is 35.5. The van der Waals surface area contributed by atoms with Gasteiger partial charge in [0.25, 0.3) is 0 Å². The minimum absolute atomic E-state index is 0. The van der Waals surface area contributed by atoms with Crippen molar-refractivity contribution in [2.45, 2.75) is 7.43 Å². The van der Waals surface area contributed by atoms with Crippen LogP contribution in [0.1, 0.15) is 7.43 Å². The maximum absolute atomic E-state index is 13.1. The average Bonchev–Trinajstić information content (AvgIpc) is 2.75. The lowest BCUT2D eigenvalue weighted by Crippen LogP contribution is -1.93. The normalized spacial score (nSPS) is 10.3. The molecule has 6 heteroatoms. The molecule has 0 saturated carbocycles. The zero-order valence-electron chi connectivity index (χ0n) is 9.55. The number of aromatic amines is 1. The highest BCUT2D eigenvalue weighted by molar-refractivity contribution is 6.39. The predicted molar refractivity (Wildman–Crippen MR) is 82.5 cm³/mol. The number of fused-ring (bicyclic) bond motifs is 1. The molecule has 0 spiro atoms. The van der Waals surface area contributed by atoms with Gasteiger partial charge < -0.3 is 10.3 Å². The summed E-state index contributed by atoms with van der Waals surface area (Å²) in [5.74, 6) is 0.133. The van der Waals surface area contributed by atoms with Gasteiger partial charge in [0.15, 0.2) is 0 Å². The predicted octanol–water partition coefficient (Wildman–Crippen LogP) is 5.39. The van der Waals surface area contributed by atoms with Crippen molar-refractivity contribution in [2.24, 2.45) is 0 Å². The number of anilines is 2. The third-order valence-corrected chi connectivity index (χ3v) is 3.28. The number of nitrogens with zero attached hydrogens (tertiary/aromatic N) is 1. The fourth-order valence-electron chi connectivity index (χ4n) is 1.78. The van der Waals surface area contributed by atoms with Crippen LogP contribution < -0.4 is 5.32 Å². The van der Waals surface area contributed by atoms with Crippen LogP contribution in [0.5, 0.6) is 0 Å². The Kier molecular flexibility index (Phi) is 4.16. The van der Waals surface area contributed by atoms with Gasteiger partial charge >= 0.3 is 0 Å². The van der Waals surface area contributed by atoms with E-state index >= 15 is 0 Å². The van der Waals surface area contributed by atoms with Crippen LogP contribution in [-0.2, 0) is 0 Å². The smallest absolute Gasteiger partial charge is 0.205 e. The summed E-state index contributed by atoms with van der Waals surface area (Å²) in [6, 6.07) is 9.53. The van der Waals surface area contributed by atoms with E-state index in [9.17, 15) is 4.39 Å². The monoisotopic (exact) mass is 311 g/mol. The van der Waals surface area contributed by atoms with Crippen LogP contribution >= 0.6 is 23.2 Å². The van der Waals surface area contributed by atoms with E-state index in [1.165, 1.54) is 12.1 Å². The van der Waals surface area contributed by atoms with Crippen molar-refractivity contribution < 1.29 is 4.39 Å². The molecule has 0 atom stereocenters. The lowest BCUT2D eigenvalue weighted by molar-refractivity contribution is 0.629. The molecular formula is C14H12Cl2FN3. The molecule has 0 aliphatic heterocycles. The molecule has 0 aliphatic carbocycles. The molecule has 0 bridgehead atoms. The fraction of sp³-hybridized carbons (Fsp3) is 0.0714. The quantitative estimate of drug-likeness (QED) is 0.666. The van der Waals surface area contributed by atoms with Gasteiger partial charge in [0.05, 0.1) is 26.8 Å². The van der Waals surface area contributed by atoms with Crippen LogP contribution in [0, 0.1) is 5.82 Å². The highest BCUT2D eigenvalue weighted by Crippen LogP contribution is 2.32. The molecule has 0 fully saturated rings. The Morgan fingerprint density at radius 2 is 1.80 bits per heavy atom. The number of para-hydroxylation sites is 1. The zero-order valence-corrected chi connectivity index (χ0v) is 11.1. The number of H-pyrrole nitrogens is 1. The highest BCUT2D eigenvalue weighted by Gasteiger charge is 2.09. The molecular weight excluding hydrogens is 300 g/mol. The van der Waals surface area contributed by atoms with E-state index < -0.39 is 0 Å². The molecule has 0 aliphatic rings. The Balaban J connectivity index is 0.00000147. The van der Waals surface area contributed by atoms with Crippen LogP contribution in [0.4, 0.5) is 16.0 Å². The van der Waals surface area contributed by atoms with E-state index in [0.29, 0.717) is 32.7 Å². The molecule has 0 unspecified atom stereocenters. The first kappa shape index (κ1) is 14.6. The summed E-state index contributed by atoms with van der Waals surface area (Å²) in [6.07, 6.45) is 0. The maximum atomic E-state index is 13.1. The van der Waals surface area contributed by atoms with Gasteiger partial charge in [-0.3, -0.25) is 0 Å². The van der Waals surface area contributed by atoms with Gasteiger partial charge in [-0.1, -0.05) is 36.7 Å². The van der Waals surface area contributed by atoms with Gasteiger partial charge in [-0.25, -0.2) is 9.37 Å². The standard InChI is InChI=1S/C13H8Cl2FN3.CH4/c14-8-2-1-3-9(15)12(8)19-13-17-10-5-4-7(16)6-11(10)18-13;/h1-6H,(H2,17,18,19);1H4. The van der Waals surface area contributed by atoms with Gasteiger partial charge in [-0.15, -0.1) is 0 Å². The summed E-state index contributed by atoms with van der Waals surface area (Å²) in [5.41, 5.74) is 1.82. The summed E-state index contributed by atoms with van der Waals surface area (Å²) in [4.78, 5) is 7.24. The van der Waals surface area contributed by atoms with Gasteiger partial charge in [-0.2, -0.15) is 0 Å². The van der Waals surface area contributed by atoms with Crippen LogP contribution in [0.3, 0.4) is 0 Å². The van der Waals surface area contributed by atoms with Crippen molar-refractivity contribution in [3.05, 3.63) is 52.3 Å². The Morgan fingerprint density at radius 1 is 1.10 bits per heavy atom. The van der Waals surface area contributed by atoms with Gasteiger partial charge in [0.2, 0.25) is 5.95 Å². The Bertz CT molecular complexity index is 735. The molecule has 3 aromatic rings. The van der Waals surface area contributed by atoms with E-state index in [0.717, 1.165) is 0 Å². The first-order valence-electron chi connectivity index (χ1n) is 5.50. The van der Waals surface area contributed by atoms with E-state index in [1.54, 1.807) is 24.3 Å². The number of hydrogen-bond acceptors (Lipinski definition) is 2. The second kappa shape index (κ2) is 5.69. The zero-order chi connectivity index (χ0) is 13.4. The molecule has 20 heavy (non-hydrogen) atoms. The molecule has 1 aromatic heterocycles. The fourth-order valence-corrected chi connectivity index (χ4v) is 2.27. The number of halogens is 3. The van der Waals surface area contributed by atoms with Gasteiger partial charge in [-0.05, 0) is 30.3 Å². The van der Waals surface area contributed by atoms with E-state index in [-0.39, 0.29) is 13.2 Å².